The van der Waals surface area contributed by atoms with E-state index < -0.39 is 0 Å². The van der Waals surface area contributed by atoms with Crippen LogP contribution in [0.1, 0.15) is 25.0 Å². The predicted molar refractivity (Wildman–Crippen MR) is 130 cm³/mol. The molecule has 1 aliphatic heterocycles. The number of furan rings is 1. The summed E-state index contributed by atoms with van der Waals surface area (Å²) in [6, 6.07) is 9.63. The van der Waals surface area contributed by atoms with Gasteiger partial charge >= 0.3 is 0 Å². The van der Waals surface area contributed by atoms with Crippen LogP contribution in [0.3, 0.4) is 0 Å². The highest BCUT2D eigenvalue weighted by Crippen LogP contribution is 2.40. The fourth-order valence-electron chi connectivity index (χ4n) is 4.32. The Labute approximate surface area is 198 Å². The molecule has 7 heteroatoms. The van der Waals surface area contributed by atoms with Crippen molar-refractivity contribution >= 4 is 40.0 Å². The number of carbonyl (C=O) groups excluding carboxylic acids is 2. The van der Waals surface area contributed by atoms with Gasteiger partial charge in [0, 0.05) is 66.3 Å². The highest BCUT2D eigenvalue weighted by molar-refractivity contribution is 6.30. The average Bonchev–Trinajstić information content (AvgIpc) is 3.23. The second-order valence-corrected chi connectivity index (χ2v) is 8.71. The lowest BCUT2D eigenvalue weighted by molar-refractivity contribution is -0.135. The number of piperazine rings is 1. The van der Waals surface area contributed by atoms with Gasteiger partial charge in [0.25, 0.3) is 0 Å². The SMILES string of the molecule is COc1c(/C(C)=C/C(=O)N2CCN(C(C)=O)CC2)cc2c(-c3ccc(Cl)cc3)coc2c1C. The van der Waals surface area contributed by atoms with Gasteiger partial charge in [0.15, 0.2) is 0 Å². The smallest absolute Gasteiger partial charge is 0.246 e. The third-order valence-electron chi connectivity index (χ3n) is 6.20. The quantitative estimate of drug-likeness (QED) is 0.498. The fourth-order valence-corrected chi connectivity index (χ4v) is 4.45. The molecule has 0 N–H and O–H groups in total. The number of rotatable bonds is 4. The van der Waals surface area contributed by atoms with Crippen LogP contribution < -0.4 is 4.74 Å². The summed E-state index contributed by atoms with van der Waals surface area (Å²) >= 11 is 6.06. The zero-order valence-corrected chi connectivity index (χ0v) is 20.0. The number of carbonyl (C=O) groups is 2. The van der Waals surface area contributed by atoms with Crippen molar-refractivity contribution in [1.82, 2.24) is 9.80 Å². The molecular formula is C26H27ClN2O4. The molecule has 0 saturated carbocycles. The van der Waals surface area contributed by atoms with E-state index in [0.29, 0.717) is 37.0 Å². The van der Waals surface area contributed by atoms with Crippen LogP contribution in [0.5, 0.6) is 5.75 Å². The van der Waals surface area contributed by atoms with Crippen LogP contribution in [-0.4, -0.2) is 54.9 Å². The summed E-state index contributed by atoms with van der Waals surface area (Å²) in [4.78, 5) is 28.0. The number of ether oxygens (including phenoxy) is 1. The number of benzene rings is 2. The Morgan fingerprint density at radius 1 is 1.06 bits per heavy atom. The summed E-state index contributed by atoms with van der Waals surface area (Å²) in [5.74, 6) is 0.655. The second-order valence-electron chi connectivity index (χ2n) is 8.27. The van der Waals surface area contributed by atoms with Crippen molar-refractivity contribution in [3.63, 3.8) is 0 Å². The molecule has 0 radical (unpaired) electrons. The lowest BCUT2D eigenvalue weighted by Gasteiger charge is -2.33. The van der Waals surface area contributed by atoms with Crippen molar-refractivity contribution in [1.29, 1.82) is 0 Å². The van der Waals surface area contributed by atoms with E-state index in [1.807, 2.05) is 44.2 Å². The number of amides is 2. The first kappa shape index (κ1) is 22.9. The van der Waals surface area contributed by atoms with E-state index in [9.17, 15) is 9.59 Å². The number of hydrogen-bond donors (Lipinski definition) is 0. The van der Waals surface area contributed by atoms with Gasteiger partial charge in [-0.2, -0.15) is 0 Å². The van der Waals surface area contributed by atoms with Gasteiger partial charge in [-0.15, -0.1) is 0 Å². The molecule has 0 unspecified atom stereocenters. The van der Waals surface area contributed by atoms with Crippen molar-refractivity contribution < 1.29 is 18.7 Å². The topological polar surface area (TPSA) is 63.0 Å². The number of fused-ring (bicyclic) bond motifs is 1. The monoisotopic (exact) mass is 466 g/mol. The second kappa shape index (κ2) is 9.32. The average molecular weight is 467 g/mol. The highest BCUT2D eigenvalue weighted by atomic mass is 35.5. The summed E-state index contributed by atoms with van der Waals surface area (Å²) < 4.78 is 11.6. The molecule has 3 aromatic rings. The minimum absolute atomic E-state index is 0.0407. The molecule has 4 rings (SSSR count). The van der Waals surface area contributed by atoms with Gasteiger partial charge in [0.05, 0.1) is 13.4 Å². The molecule has 1 fully saturated rings. The molecule has 2 amide bonds. The zero-order valence-electron chi connectivity index (χ0n) is 19.3. The van der Waals surface area contributed by atoms with Crippen LogP contribution in [0.2, 0.25) is 5.02 Å². The van der Waals surface area contributed by atoms with Crippen LogP contribution in [0.25, 0.3) is 27.7 Å². The molecule has 1 saturated heterocycles. The summed E-state index contributed by atoms with van der Waals surface area (Å²) in [5, 5.41) is 1.62. The molecule has 1 aliphatic rings. The predicted octanol–water partition coefficient (Wildman–Crippen LogP) is 5.16. The van der Waals surface area contributed by atoms with Crippen LogP contribution in [-0.2, 0) is 9.59 Å². The van der Waals surface area contributed by atoms with Crippen LogP contribution >= 0.6 is 11.6 Å². The van der Waals surface area contributed by atoms with Gasteiger partial charge < -0.3 is 19.0 Å². The molecule has 0 bridgehead atoms. The maximum Gasteiger partial charge on any atom is 0.246 e. The number of aryl methyl sites for hydroxylation is 1. The van der Waals surface area contributed by atoms with E-state index in [-0.39, 0.29) is 11.8 Å². The Kier molecular flexibility index (Phi) is 6.47. The molecule has 0 aliphatic carbocycles. The molecule has 1 aromatic heterocycles. The summed E-state index contributed by atoms with van der Waals surface area (Å²) in [5.41, 5.74) is 5.22. The summed E-state index contributed by atoms with van der Waals surface area (Å²) in [7, 11) is 1.62. The Morgan fingerprint density at radius 3 is 2.30 bits per heavy atom. The van der Waals surface area contributed by atoms with E-state index in [0.717, 1.165) is 38.8 Å². The molecular weight excluding hydrogens is 440 g/mol. The first-order valence-corrected chi connectivity index (χ1v) is 11.3. The zero-order chi connectivity index (χ0) is 23.7. The van der Waals surface area contributed by atoms with Crippen LogP contribution in [0.15, 0.2) is 47.1 Å². The van der Waals surface area contributed by atoms with Gasteiger partial charge in [-0.1, -0.05) is 23.7 Å². The third-order valence-corrected chi connectivity index (χ3v) is 6.46. The maximum atomic E-state index is 13.0. The van der Waals surface area contributed by atoms with E-state index in [4.69, 9.17) is 20.8 Å². The fraction of sp³-hybridized carbons (Fsp3) is 0.308. The number of hydrogen-bond acceptors (Lipinski definition) is 4. The lowest BCUT2D eigenvalue weighted by atomic mass is 9.96. The first-order valence-electron chi connectivity index (χ1n) is 10.9. The largest absolute Gasteiger partial charge is 0.496 e. The van der Waals surface area contributed by atoms with E-state index in [2.05, 4.69) is 0 Å². The molecule has 6 nitrogen and oxygen atoms in total. The molecule has 2 aromatic carbocycles. The van der Waals surface area contributed by atoms with Crippen LogP contribution in [0, 0.1) is 6.92 Å². The number of methoxy groups -OCH3 is 1. The third kappa shape index (κ3) is 4.48. The Hall–Kier alpha value is -3.25. The van der Waals surface area contributed by atoms with Crippen molar-refractivity contribution in [2.75, 3.05) is 33.3 Å². The molecule has 2 heterocycles. The van der Waals surface area contributed by atoms with E-state index in [1.54, 1.807) is 36.2 Å². The molecule has 172 valence electrons. The number of nitrogens with zero attached hydrogens (tertiary/aromatic N) is 2. The molecule has 33 heavy (non-hydrogen) atoms. The Balaban J connectivity index is 1.70. The first-order chi connectivity index (χ1) is 15.8. The summed E-state index contributed by atoms with van der Waals surface area (Å²) in [6.07, 6.45) is 3.39. The van der Waals surface area contributed by atoms with Gasteiger partial charge in [-0.3, -0.25) is 9.59 Å². The van der Waals surface area contributed by atoms with Crippen molar-refractivity contribution in [2.24, 2.45) is 0 Å². The normalized spacial score (nSPS) is 14.6. The lowest BCUT2D eigenvalue weighted by Crippen LogP contribution is -2.49. The van der Waals surface area contributed by atoms with Gasteiger partial charge in [0.1, 0.15) is 11.3 Å². The molecule has 0 atom stereocenters. The van der Waals surface area contributed by atoms with Gasteiger partial charge in [0.2, 0.25) is 11.8 Å². The van der Waals surface area contributed by atoms with Crippen molar-refractivity contribution in [3.05, 3.63) is 58.8 Å². The van der Waals surface area contributed by atoms with Crippen molar-refractivity contribution in [3.8, 4) is 16.9 Å². The van der Waals surface area contributed by atoms with E-state index in [1.165, 1.54) is 0 Å². The minimum Gasteiger partial charge on any atom is -0.496 e. The van der Waals surface area contributed by atoms with Gasteiger partial charge in [-0.25, -0.2) is 0 Å². The van der Waals surface area contributed by atoms with Crippen molar-refractivity contribution in [2.45, 2.75) is 20.8 Å². The Morgan fingerprint density at radius 2 is 1.70 bits per heavy atom. The standard InChI is InChI=1S/C26H27ClN2O4/c1-16(13-24(31)29-11-9-28(10-12-29)18(3)30)21-14-22-23(19-5-7-20(27)8-6-19)15-33-26(22)17(2)25(21)32-4/h5-8,13-15H,9-12H2,1-4H3/b16-13+. The highest BCUT2D eigenvalue weighted by Gasteiger charge is 2.23. The van der Waals surface area contributed by atoms with Gasteiger partial charge in [-0.05, 0) is 43.2 Å². The Bertz CT molecular complexity index is 1240. The van der Waals surface area contributed by atoms with E-state index >= 15 is 0 Å². The number of allylic oxidation sites excluding steroid dienone is 1. The van der Waals surface area contributed by atoms with Crippen LogP contribution in [0.4, 0.5) is 0 Å². The maximum absolute atomic E-state index is 13.0. The minimum atomic E-state index is -0.0689. The molecule has 0 spiro atoms. The number of halogens is 1. The summed E-state index contributed by atoms with van der Waals surface area (Å²) in [6.45, 7) is 7.59.